The Morgan fingerprint density at radius 3 is 2.31 bits per heavy atom. The summed E-state index contributed by atoms with van der Waals surface area (Å²) in [5, 5.41) is 14.6. The number of hydrogen-bond donors (Lipinski definition) is 0. The SMILES string of the molecule is Cc1ccc(COc2cccc(-c3nn(-c4ccccc4)cc3C=C(C#N)S(=O)(=O)c3ccccc3)c2)cc1. The number of sulfone groups is 1. The first kappa shape index (κ1) is 25.7. The summed E-state index contributed by atoms with van der Waals surface area (Å²) in [6, 6.07) is 34.9. The van der Waals surface area contributed by atoms with Crippen LogP contribution in [0.15, 0.2) is 125 Å². The van der Waals surface area contributed by atoms with Crippen molar-refractivity contribution in [3.8, 4) is 28.8 Å². The number of nitrogens with zero attached hydrogens (tertiary/aromatic N) is 3. The van der Waals surface area contributed by atoms with Crippen molar-refractivity contribution in [3.05, 3.63) is 137 Å². The highest BCUT2D eigenvalue weighted by molar-refractivity contribution is 7.95. The van der Waals surface area contributed by atoms with Gasteiger partial charge in [-0.3, -0.25) is 0 Å². The van der Waals surface area contributed by atoms with Crippen LogP contribution in [-0.4, -0.2) is 18.2 Å². The summed E-state index contributed by atoms with van der Waals surface area (Å²) in [5.74, 6) is 0.648. The Labute approximate surface area is 228 Å². The minimum atomic E-state index is -4.02. The second kappa shape index (κ2) is 11.2. The van der Waals surface area contributed by atoms with Crippen LogP contribution in [0.2, 0.25) is 0 Å². The number of allylic oxidation sites excluding steroid dienone is 1. The zero-order valence-corrected chi connectivity index (χ0v) is 22.0. The van der Waals surface area contributed by atoms with Gasteiger partial charge in [0.05, 0.1) is 10.6 Å². The number of rotatable bonds is 8. The molecule has 0 amide bonds. The average molecular weight is 532 g/mol. The van der Waals surface area contributed by atoms with Gasteiger partial charge in [0.25, 0.3) is 0 Å². The van der Waals surface area contributed by atoms with Gasteiger partial charge in [-0.05, 0) is 55.0 Å². The van der Waals surface area contributed by atoms with Gasteiger partial charge in [0.2, 0.25) is 9.84 Å². The van der Waals surface area contributed by atoms with Gasteiger partial charge in [-0.2, -0.15) is 10.4 Å². The summed E-state index contributed by atoms with van der Waals surface area (Å²) in [4.78, 5) is -0.310. The molecule has 0 aliphatic carbocycles. The molecule has 0 aliphatic heterocycles. The third-order valence-corrected chi connectivity index (χ3v) is 7.82. The van der Waals surface area contributed by atoms with Crippen molar-refractivity contribution in [2.75, 3.05) is 0 Å². The quantitative estimate of drug-likeness (QED) is 0.206. The van der Waals surface area contributed by atoms with Crippen LogP contribution in [0.5, 0.6) is 5.75 Å². The predicted molar refractivity (Wildman–Crippen MR) is 152 cm³/mol. The number of aryl methyl sites for hydroxylation is 1. The number of benzene rings is 4. The number of para-hydroxylation sites is 1. The molecule has 192 valence electrons. The molecule has 0 unspecified atom stereocenters. The molecule has 1 aromatic heterocycles. The van der Waals surface area contributed by atoms with E-state index in [0.717, 1.165) is 16.8 Å². The van der Waals surface area contributed by atoms with E-state index in [-0.39, 0.29) is 9.80 Å². The van der Waals surface area contributed by atoms with E-state index in [0.29, 0.717) is 23.6 Å². The molecule has 39 heavy (non-hydrogen) atoms. The second-order valence-corrected chi connectivity index (χ2v) is 10.9. The Morgan fingerprint density at radius 2 is 1.62 bits per heavy atom. The van der Waals surface area contributed by atoms with Crippen LogP contribution in [0.1, 0.15) is 16.7 Å². The highest BCUT2D eigenvalue weighted by Crippen LogP contribution is 2.30. The maximum Gasteiger partial charge on any atom is 0.216 e. The van der Waals surface area contributed by atoms with Crippen LogP contribution in [0.4, 0.5) is 0 Å². The first-order valence-corrected chi connectivity index (χ1v) is 13.8. The van der Waals surface area contributed by atoms with Crippen molar-refractivity contribution in [3.63, 3.8) is 0 Å². The van der Waals surface area contributed by atoms with Crippen molar-refractivity contribution in [2.24, 2.45) is 0 Å². The Bertz CT molecular complexity index is 1770. The lowest BCUT2D eigenvalue weighted by molar-refractivity contribution is 0.306. The fraction of sp³-hybridized carbons (Fsp3) is 0.0625. The van der Waals surface area contributed by atoms with Crippen LogP contribution in [-0.2, 0) is 16.4 Å². The molecular weight excluding hydrogens is 506 g/mol. The summed E-state index contributed by atoms with van der Waals surface area (Å²) >= 11 is 0. The van der Waals surface area contributed by atoms with E-state index >= 15 is 0 Å². The summed E-state index contributed by atoms with van der Waals surface area (Å²) < 4.78 is 34.2. The highest BCUT2D eigenvalue weighted by Gasteiger charge is 2.22. The largest absolute Gasteiger partial charge is 0.489 e. The Balaban J connectivity index is 1.55. The van der Waals surface area contributed by atoms with E-state index < -0.39 is 9.84 Å². The van der Waals surface area contributed by atoms with Crippen LogP contribution < -0.4 is 4.74 Å². The molecule has 0 N–H and O–H groups in total. The van der Waals surface area contributed by atoms with Crippen molar-refractivity contribution in [1.29, 1.82) is 5.26 Å². The molecule has 0 fully saturated rings. The molecule has 4 aromatic carbocycles. The molecule has 5 rings (SSSR count). The first-order chi connectivity index (χ1) is 18.9. The summed E-state index contributed by atoms with van der Waals surface area (Å²) in [7, 11) is -4.02. The Kier molecular flexibility index (Phi) is 7.39. The molecule has 1 heterocycles. The molecule has 0 atom stereocenters. The van der Waals surface area contributed by atoms with Gasteiger partial charge < -0.3 is 4.74 Å². The molecule has 0 aliphatic rings. The van der Waals surface area contributed by atoms with Crippen molar-refractivity contribution < 1.29 is 13.2 Å². The van der Waals surface area contributed by atoms with E-state index in [1.165, 1.54) is 23.8 Å². The fourth-order valence-electron chi connectivity index (χ4n) is 4.05. The number of hydrogen-bond acceptors (Lipinski definition) is 5. The lowest BCUT2D eigenvalue weighted by Crippen LogP contribution is -2.03. The molecule has 0 saturated heterocycles. The summed E-state index contributed by atoms with van der Waals surface area (Å²) in [6.45, 7) is 2.44. The molecule has 6 nitrogen and oxygen atoms in total. The van der Waals surface area contributed by atoms with Crippen LogP contribution in [0.3, 0.4) is 0 Å². The van der Waals surface area contributed by atoms with Crippen molar-refractivity contribution >= 4 is 15.9 Å². The monoisotopic (exact) mass is 531 g/mol. The number of aromatic nitrogens is 2. The van der Waals surface area contributed by atoms with E-state index in [4.69, 9.17) is 9.84 Å². The predicted octanol–water partition coefficient (Wildman–Crippen LogP) is 6.77. The molecule has 7 heteroatoms. The van der Waals surface area contributed by atoms with Gasteiger partial charge in [0.1, 0.15) is 29.0 Å². The first-order valence-electron chi connectivity index (χ1n) is 12.3. The zero-order valence-electron chi connectivity index (χ0n) is 21.2. The van der Waals surface area contributed by atoms with Crippen molar-refractivity contribution in [2.45, 2.75) is 18.4 Å². The van der Waals surface area contributed by atoms with E-state index in [1.54, 1.807) is 29.1 Å². The van der Waals surface area contributed by atoms with Crippen LogP contribution >= 0.6 is 0 Å². The molecule has 0 spiro atoms. The van der Waals surface area contributed by atoms with Gasteiger partial charge in [-0.1, -0.05) is 78.4 Å². The maximum atomic E-state index is 13.2. The second-order valence-electron chi connectivity index (χ2n) is 8.95. The molecular formula is C32H25N3O3S. The van der Waals surface area contributed by atoms with Gasteiger partial charge in [-0.25, -0.2) is 13.1 Å². The summed E-state index contributed by atoms with van der Waals surface area (Å²) in [6.07, 6.45) is 3.10. The van der Waals surface area contributed by atoms with Crippen LogP contribution in [0, 0.1) is 18.3 Å². The minimum Gasteiger partial charge on any atom is -0.489 e. The standard InChI is InChI=1S/C32H25N3O3S/c1-24-15-17-25(18-16-24)23-38-29-12-8-9-26(19-29)32-27(22-35(34-32)28-10-4-2-5-11-28)20-31(21-33)39(36,37)30-13-6-3-7-14-30/h2-20,22H,23H2,1H3. The highest BCUT2D eigenvalue weighted by atomic mass is 32.2. The molecule has 0 radical (unpaired) electrons. The third-order valence-electron chi connectivity index (χ3n) is 6.14. The topological polar surface area (TPSA) is 85.0 Å². The van der Waals surface area contributed by atoms with Gasteiger partial charge in [-0.15, -0.1) is 0 Å². The molecule has 0 bridgehead atoms. The number of ether oxygens (including phenoxy) is 1. The third kappa shape index (κ3) is 5.82. The molecule has 0 saturated carbocycles. The Morgan fingerprint density at radius 1 is 0.923 bits per heavy atom. The fourth-order valence-corrected chi connectivity index (χ4v) is 5.22. The smallest absolute Gasteiger partial charge is 0.216 e. The normalized spacial score (nSPS) is 11.6. The maximum absolute atomic E-state index is 13.2. The van der Waals surface area contributed by atoms with E-state index in [1.807, 2.05) is 91.9 Å². The minimum absolute atomic E-state index is 0.0568. The summed E-state index contributed by atoms with van der Waals surface area (Å²) in [5.41, 5.74) is 4.77. The van der Waals surface area contributed by atoms with Gasteiger partial charge in [0, 0.05) is 17.3 Å². The average Bonchev–Trinajstić information content (AvgIpc) is 3.40. The van der Waals surface area contributed by atoms with Crippen molar-refractivity contribution in [1.82, 2.24) is 9.78 Å². The van der Waals surface area contributed by atoms with Gasteiger partial charge in [0.15, 0.2) is 0 Å². The lowest BCUT2D eigenvalue weighted by atomic mass is 10.1. The van der Waals surface area contributed by atoms with E-state index in [9.17, 15) is 13.7 Å². The number of nitriles is 1. The lowest BCUT2D eigenvalue weighted by Gasteiger charge is -2.08. The zero-order chi connectivity index (χ0) is 27.2. The van der Waals surface area contributed by atoms with Gasteiger partial charge >= 0.3 is 0 Å². The van der Waals surface area contributed by atoms with E-state index in [2.05, 4.69) is 0 Å². The Hall–Kier alpha value is -4.93. The molecule has 5 aromatic rings. The van der Waals surface area contributed by atoms with Crippen LogP contribution in [0.25, 0.3) is 23.0 Å².